The van der Waals surface area contributed by atoms with Crippen LogP contribution in [0.5, 0.6) is 0 Å². The molecule has 0 N–H and O–H groups in total. The molecule has 0 unspecified atom stereocenters. The predicted octanol–water partition coefficient (Wildman–Crippen LogP) is 3.26. The molecule has 1 atom stereocenters. The van der Waals surface area contributed by atoms with Gasteiger partial charge in [-0.2, -0.15) is 0 Å². The summed E-state index contributed by atoms with van der Waals surface area (Å²) in [5.41, 5.74) is 1.69. The van der Waals surface area contributed by atoms with Crippen LogP contribution in [0.4, 0.5) is 10.5 Å². The number of aromatic nitrogens is 1. The van der Waals surface area contributed by atoms with Crippen LogP contribution >= 0.6 is 0 Å². The van der Waals surface area contributed by atoms with Gasteiger partial charge in [0.05, 0.1) is 11.9 Å². The smallest absolute Gasteiger partial charge is 0.410 e. The standard InChI is InChI=1S/C17H27N3O2/c1-17(2,3)22-16(21)20-10-6-7-13(12-20)15-9-8-14(11-18-15)19(4)5/h8-9,11,13H,6-7,10,12H2,1-5H3/t13-/m1/s1. The molecular formula is C17H27N3O2. The summed E-state index contributed by atoms with van der Waals surface area (Å²) >= 11 is 0. The molecule has 2 heterocycles. The summed E-state index contributed by atoms with van der Waals surface area (Å²) in [6.07, 6.45) is 3.72. The highest BCUT2D eigenvalue weighted by molar-refractivity contribution is 5.68. The van der Waals surface area contributed by atoms with E-state index in [-0.39, 0.29) is 12.0 Å². The van der Waals surface area contributed by atoms with E-state index in [2.05, 4.69) is 17.1 Å². The molecule has 5 heteroatoms. The number of pyridine rings is 1. The first kappa shape index (κ1) is 16.6. The molecule has 0 aliphatic carbocycles. The van der Waals surface area contributed by atoms with Crippen LogP contribution in [-0.4, -0.2) is 48.8 Å². The molecule has 1 aliphatic rings. The van der Waals surface area contributed by atoms with E-state index in [1.54, 1.807) is 4.90 Å². The zero-order valence-corrected chi connectivity index (χ0v) is 14.3. The second-order valence-corrected chi connectivity index (χ2v) is 7.10. The van der Waals surface area contributed by atoms with Crippen LogP contribution in [-0.2, 0) is 4.74 Å². The Labute approximate surface area is 133 Å². The van der Waals surface area contributed by atoms with Crippen molar-refractivity contribution in [3.05, 3.63) is 24.0 Å². The minimum absolute atomic E-state index is 0.220. The Hall–Kier alpha value is -1.78. The highest BCUT2D eigenvalue weighted by atomic mass is 16.6. The summed E-state index contributed by atoms with van der Waals surface area (Å²) in [4.78, 5) is 20.6. The lowest BCUT2D eigenvalue weighted by molar-refractivity contribution is 0.0197. The second kappa shape index (κ2) is 6.55. The number of carbonyl (C=O) groups is 1. The molecule has 1 aromatic heterocycles. The van der Waals surface area contributed by atoms with Gasteiger partial charge in [0, 0.05) is 38.8 Å². The fraction of sp³-hybridized carbons (Fsp3) is 0.647. The number of anilines is 1. The monoisotopic (exact) mass is 305 g/mol. The Kier molecular flexibility index (Phi) is 4.94. The lowest BCUT2D eigenvalue weighted by Gasteiger charge is -2.34. The number of piperidine rings is 1. The molecule has 22 heavy (non-hydrogen) atoms. The van der Waals surface area contributed by atoms with E-state index >= 15 is 0 Å². The lowest BCUT2D eigenvalue weighted by Crippen LogP contribution is -2.42. The Morgan fingerprint density at radius 2 is 2.09 bits per heavy atom. The summed E-state index contributed by atoms with van der Waals surface area (Å²) < 4.78 is 5.47. The van der Waals surface area contributed by atoms with Crippen molar-refractivity contribution in [2.75, 3.05) is 32.1 Å². The topological polar surface area (TPSA) is 45.7 Å². The van der Waals surface area contributed by atoms with Crippen molar-refractivity contribution < 1.29 is 9.53 Å². The fourth-order valence-corrected chi connectivity index (χ4v) is 2.61. The Bertz CT molecular complexity index is 506. The van der Waals surface area contributed by atoms with Gasteiger partial charge in [-0.25, -0.2) is 4.79 Å². The molecule has 1 saturated heterocycles. The molecule has 5 nitrogen and oxygen atoms in total. The van der Waals surface area contributed by atoms with Crippen LogP contribution in [0.25, 0.3) is 0 Å². The van der Waals surface area contributed by atoms with E-state index in [9.17, 15) is 4.79 Å². The van der Waals surface area contributed by atoms with Gasteiger partial charge in [0.1, 0.15) is 5.60 Å². The average Bonchev–Trinajstić information content (AvgIpc) is 2.46. The van der Waals surface area contributed by atoms with Crippen molar-refractivity contribution in [2.24, 2.45) is 0 Å². The summed E-state index contributed by atoms with van der Waals surface area (Å²) in [5.74, 6) is 0.289. The quantitative estimate of drug-likeness (QED) is 0.841. The molecule has 1 amide bonds. The van der Waals surface area contributed by atoms with Crippen molar-refractivity contribution >= 4 is 11.8 Å². The first-order valence-corrected chi connectivity index (χ1v) is 7.87. The third kappa shape index (κ3) is 4.36. The normalized spacial score (nSPS) is 19.0. The fourth-order valence-electron chi connectivity index (χ4n) is 2.61. The summed E-state index contributed by atoms with van der Waals surface area (Å²) in [7, 11) is 4.00. The first-order valence-electron chi connectivity index (χ1n) is 7.87. The molecule has 2 rings (SSSR count). The summed E-state index contributed by atoms with van der Waals surface area (Å²) in [6.45, 7) is 7.14. The van der Waals surface area contributed by atoms with E-state index in [0.717, 1.165) is 30.8 Å². The van der Waals surface area contributed by atoms with Gasteiger partial charge in [0.25, 0.3) is 0 Å². The maximum Gasteiger partial charge on any atom is 0.410 e. The van der Waals surface area contributed by atoms with Crippen molar-refractivity contribution in [3.8, 4) is 0 Å². The zero-order valence-electron chi connectivity index (χ0n) is 14.3. The van der Waals surface area contributed by atoms with E-state index in [1.807, 2.05) is 46.0 Å². The van der Waals surface area contributed by atoms with E-state index < -0.39 is 5.60 Å². The molecule has 122 valence electrons. The van der Waals surface area contributed by atoms with Gasteiger partial charge in [-0.05, 0) is 45.7 Å². The van der Waals surface area contributed by atoms with Crippen molar-refractivity contribution in [2.45, 2.75) is 45.1 Å². The number of ether oxygens (including phenoxy) is 1. The first-order chi connectivity index (χ1) is 10.3. The number of carbonyl (C=O) groups excluding carboxylic acids is 1. The maximum atomic E-state index is 12.2. The minimum Gasteiger partial charge on any atom is -0.444 e. The summed E-state index contributed by atoms with van der Waals surface area (Å²) in [6, 6.07) is 4.15. The molecule has 0 spiro atoms. The second-order valence-electron chi connectivity index (χ2n) is 7.10. The number of amides is 1. The largest absolute Gasteiger partial charge is 0.444 e. The Morgan fingerprint density at radius 1 is 1.36 bits per heavy atom. The molecule has 0 bridgehead atoms. The van der Waals surface area contributed by atoms with Crippen LogP contribution in [0.1, 0.15) is 45.2 Å². The molecule has 0 aromatic carbocycles. The van der Waals surface area contributed by atoms with E-state index in [4.69, 9.17) is 4.74 Å². The minimum atomic E-state index is -0.449. The number of hydrogen-bond acceptors (Lipinski definition) is 4. The lowest BCUT2D eigenvalue weighted by atomic mass is 9.94. The zero-order chi connectivity index (χ0) is 16.3. The molecule has 1 aromatic rings. The van der Waals surface area contributed by atoms with Crippen molar-refractivity contribution in [3.63, 3.8) is 0 Å². The summed E-state index contributed by atoms with van der Waals surface area (Å²) in [5, 5.41) is 0. The Balaban J connectivity index is 2.02. The van der Waals surface area contributed by atoms with Gasteiger partial charge in [-0.1, -0.05) is 0 Å². The van der Waals surface area contributed by atoms with Crippen LogP contribution in [0.2, 0.25) is 0 Å². The molecule has 0 radical (unpaired) electrons. The van der Waals surface area contributed by atoms with Gasteiger partial charge in [-0.3, -0.25) is 4.98 Å². The van der Waals surface area contributed by atoms with Crippen LogP contribution in [0, 0.1) is 0 Å². The maximum absolute atomic E-state index is 12.2. The van der Waals surface area contributed by atoms with Gasteiger partial charge in [0.2, 0.25) is 0 Å². The molecule has 1 fully saturated rings. The van der Waals surface area contributed by atoms with Gasteiger partial charge < -0.3 is 14.5 Å². The van der Waals surface area contributed by atoms with E-state index in [0.29, 0.717) is 6.54 Å². The molecular weight excluding hydrogens is 278 g/mol. The molecule has 1 aliphatic heterocycles. The number of hydrogen-bond donors (Lipinski definition) is 0. The third-order valence-electron chi connectivity index (χ3n) is 3.78. The van der Waals surface area contributed by atoms with Crippen molar-refractivity contribution in [1.29, 1.82) is 0 Å². The SMILES string of the molecule is CN(C)c1ccc([C@@H]2CCCN(C(=O)OC(C)(C)C)C2)nc1. The highest BCUT2D eigenvalue weighted by Crippen LogP contribution is 2.27. The number of nitrogens with zero attached hydrogens (tertiary/aromatic N) is 3. The van der Waals surface area contributed by atoms with Gasteiger partial charge >= 0.3 is 6.09 Å². The Morgan fingerprint density at radius 3 is 2.64 bits per heavy atom. The predicted molar refractivity (Wildman–Crippen MR) is 88.3 cm³/mol. The van der Waals surface area contributed by atoms with Crippen LogP contribution < -0.4 is 4.90 Å². The average molecular weight is 305 g/mol. The van der Waals surface area contributed by atoms with Crippen LogP contribution in [0.3, 0.4) is 0 Å². The van der Waals surface area contributed by atoms with E-state index in [1.165, 1.54) is 0 Å². The highest BCUT2D eigenvalue weighted by Gasteiger charge is 2.28. The molecule has 0 saturated carbocycles. The van der Waals surface area contributed by atoms with Gasteiger partial charge in [-0.15, -0.1) is 0 Å². The number of likely N-dealkylation sites (tertiary alicyclic amines) is 1. The third-order valence-corrected chi connectivity index (χ3v) is 3.78. The number of rotatable bonds is 2. The van der Waals surface area contributed by atoms with Crippen LogP contribution in [0.15, 0.2) is 18.3 Å². The van der Waals surface area contributed by atoms with Gasteiger partial charge in [0.15, 0.2) is 0 Å². The van der Waals surface area contributed by atoms with Crippen molar-refractivity contribution in [1.82, 2.24) is 9.88 Å².